The fourth-order valence-corrected chi connectivity index (χ4v) is 2.97. The lowest BCUT2D eigenvalue weighted by Crippen LogP contribution is -2.34. The van der Waals surface area contributed by atoms with Gasteiger partial charge in [-0.2, -0.15) is 0 Å². The topological polar surface area (TPSA) is 66.7 Å². The van der Waals surface area contributed by atoms with Gasteiger partial charge in [-0.05, 0) is 31.2 Å². The van der Waals surface area contributed by atoms with E-state index in [-0.39, 0.29) is 24.2 Å². The first-order chi connectivity index (χ1) is 11.5. The van der Waals surface area contributed by atoms with Crippen molar-refractivity contribution in [2.45, 2.75) is 26.4 Å². The Morgan fingerprint density at radius 1 is 1.38 bits per heavy atom. The van der Waals surface area contributed by atoms with Gasteiger partial charge in [0.05, 0.1) is 24.7 Å². The zero-order valence-electron chi connectivity index (χ0n) is 13.9. The molecule has 0 aliphatic carbocycles. The standard InChI is InChI=1S/C18H21N3O3/c1-13-6-7-16(24-13)12-20(2)18(23)14-9-17(22)21(10-14)11-15-5-3-4-8-19-15/h3-8,14H,9-12H2,1-2H3/t14-/m0/s1. The summed E-state index contributed by atoms with van der Waals surface area (Å²) in [6.45, 7) is 3.17. The Morgan fingerprint density at radius 2 is 2.21 bits per heavy atom. The summed E-state index contributed by atoms with van der Waals surface area (Å²) in [5.74, 6) is 1.24. The van der Waals surface area contributed by atoms with Crippen molar-refractivity contribution in [3.05, 3.63) is 53.7 Å². The molecule has 1 atom stereocenters. The number of furan rings is 1. The third-order valence-electron chi connectivity index (χ3n) is 4.21. The van der Waals surface area contributed by atoms with Crippen LogP contribution in [0.25, 0.3) is 0 Å². The molecule has 0 bridgehead atoms. The van der Waals surface area contributed by atoms with Crippen LogP contribution in [0.1, 0.15) is 23.6 Å². The highest BCUT2D eigenvalue weighted by Gasteiger charge is 2.35. The van der Waals surface area contributed by atoms with Gasteiger partial charge in [0.1, 0.15) is 11.5 Å². The molecule has 126 valence electrons. The Hall–Kier alpha value is -2.63. The first kappa shape index (κ1) is 16.2. The number of likely N-dealkylation sites (tertiary alicyclic amines) is 1. The molecular weight excluding hydrogens is 306 g/mol. The Balaban J connectivity index is 1.59. The van der Waals surface area contributed by atoms with Gasteiger partial charge in [-0.3, -0.25) is 14.6 Å². The van der Waals surface area contributed by atoms with E-state index in [0.717, 1.165) is 17.2 Å². The molecule has 1 aliphatic rings. The van der Waals surface area contributed by atoms with Crippen LogP contribution in [0.4, 0.5) is 0 Å². The van der Waals surface area contributed by atoms with Crippen LogP contribution >= 0.6 is 0 Å². The second-order valence-electron chi connectivity index (χ2n) is 6.20. The number of rotatable bonds is 5. The minimum Gasteiger partial charge on any atom is -0.464 e. The van der Waals surface area contributed by atoms with Gasteiger partial charge >= 0.3 is 0 Å². The van der Waals surface area contributed by atoms with Crippen molar-refractivity contribution in [2.75, 3.05) is 13.6 Å². The molecule has 6 nitrogen and oxygen atoms in total. The van der Waals surface area contributed by atoms with Crippen LogP contribution in [0, 0.1) is 12.8 Å². The zero-order valence-corrected chi connectivity index (χ0v) is 13.9. The van der Waals surface area contributed by atoms with E-state index in [1.54, 1.807) is 23.0 Å². The van der Waals surface area contributed by atoms with Gasteiger partial charge in [-0.15, -0.1) is 0 Å². The average Bonchev–Trinajstić information content (AvgIpc) is 3.14. The number of hydrogen-bond acceptors (Lipinski definition) is 4. The summed E-state index contributed by atoms with van der Waals surface area (Å²) in [6, 6.07) is 9.36. The van der Waals surface area contributed by atoms with E-state index in [4.69, 9.17) is 4.42 Å². The Kier molecular flexibility index (Phi) is 4.64. The molecule has 0 aromatic carbocycles. The highest BCUT2D eigenvalue weighted by atomic mass is 16.3. The van der Waals surface area contributed by atoms with E-state index in [1.807, 2.05) is 37.3 Å². The molecule has 0 unspecified atom stereocenters. The third kappa shape index (κ3) is 3.64. The van der Waals surface area contributed by atoms with Gasteiger partial charge in [0.15, 0.2) is 0 Å². The van der Waals surface area contributed by atoms with E-state index < -0.39 is 0 Å². The van der Waals surface area contributed by atoms with Crippen molar-refractivity contribution in [1.29, 1.82) is 0 Å². The van der Waals surface area contributed by atoms with Gasteiger partial charge in [-0.1, -0.05) is 6.07 Å². The normalized spacial score (nSPS) is 17.3. The quantitative estimate of drug-likeness (QED) is 0.842. The summed E-state index contributed by atoms with van der Waals surface area (Å²) < 4.78 is 5.51. The van der Waals surface area contributed by atoms with Gasteiger partial charge in [0.2, 0.25) is 11.8 Å². The molecule has 2 aromatic rings. The van der Waals surface area contributed by atoms with Gasteiger partial charge in [0.25, 0.3) is 0 Å². The van der Waals surface area contributed by atoms with Crippen LogP contribution in [0.5, 0.6) is 0 Å². The Labute approximate surface area is 141 Å². The number of nitrogens with zero attached hydrogens (tertiary/aromatic N) is 3. The molecule has 3 heterocycles. The van der Waals surface area contributed by atoms with E-state index >= 15 is 0 Å². The number of aromatic nitrogens is 1. The maximum Gasteiger partial charge on any atom is 0.228 e. The monoisotopic (exact) mass is 327 g/mol. The van der Waals surface area contributed by atoms with Gasteiger partial charge < -0.3 is 14.2 Å². The number of aryl methyl sites for hydroxylation is 1. The molecule has 0 saturated carbocycles. The van der Waals surface area contributed by atoms with Crippen molar-refractivity contribution in [3.63, 3.8) is 0 Å². The number of hydrogen-bond donors (Lipinski definition) is 0. The Bertz CT molecular complexity index is 726. The van der Waals surface area contributed by atoms with Crippen LogP contribution < -0.4 is 0 Å². The second kappa shape index (κ2) is 6.86. The molecule has 2 aromatic heterocycles. The van der Waals surface area contributed by atoms with Crippen LogP contribution in [0.3, 0.4) is 0 Å². The highest BCUT2D eigenvalue weighted by Crippen LogP contribution is 2.22. The molecule has 1 aliphatic heterocycles. The van der Waals surface area contributed by atoms with E-state index in [2.05, 4.69) is 4.98 Å². The number of amides is 2. The first-order valence-corrected chi connectivity index (χ1v) is 8.01. The molecule has 0 spiro atoms. The lowest BCUT2D eigenvalue weighted by atomic mass is 10.1. The van der Waals surface area contributed by atoms with E-state index in [1.165, 1.54) is 0 Å². The summed E-state index contributed by atoms with van der Waals surface area (Å²) in [5, 5.41) is 0. The maximum absolute atomic E-state index is 12.6. The smallest absolute Gasteiger partial charge is 0.228 e. The molecule has 24 heavy (non-hydrogen) atoms. The summed E-state index contributed by atoms with van der Waals surface area (Å²) in [6.07, 6.45) is 1.96. The van der Waals surface area contributed by atoms with Crippen LogP contribution in [-0.2, 0) is 22.7 Å². The summed E-state index contributed by atoms with van der Waals surface area (Å²) in [5.41, 5.74) is 0.832. The molecule has 1 fully saturated rings. The van der Waals surface area contributed by atoms with Crippen molar-refractivity contribution in [2.24, 2.45) is 5.92 Å². The van der Waals surface area contributed by atoms with Crippen molar-refractivity contribution < 1.29 is 14.0 Å². The molecule has 0 radical (unpaired) electrons. The van der Waals surface area contributed by atoms with Crippen molar-refractivity contribution in [3.8, 4) is 0 Å². The molecule has 0 N–H and O–H groups in total. The predicted octanol–water partition coefficient (Wildman–Crippen LogP) is 1.99. The molecule has 3 rings (SSSR count). The predicted molar refractivity (Wildman–Crippen MR) is 87.7 cm³/mol. The lowest BCUT2D eigenvalue weighted by Gasteiger charge is -2.20. The minimum absolute atomic E-state index is 0.00115. The first-order valence-electron chi connectivity index (χ1n) is 8.01. The molecule has 2 amide bonds. The van der Waals surface area contributed by atoms with Gasteiger partial charge in [-0.25, -0.2) is 0 Å². The van der Waals surface area contributed by atoms with E-state index in [0.29, 0.717) is 19.6 Å². The summed E-state index contributed by atoms with van der Waals surface area (Å²) in [4.78, 5) is 32.3. The summed E-state index contributed by atoms with van der Waals surface area (Å²) >= 11 is 0. The fraction of sp³-hybridized carbons (Fsp3) is 0.389. The zero-order chi connectivity index (χ0) is 17.1. The Morgan fingerprint density at radius 3 is 2.88 bits per heavy atom. The average molecular weight is 327 g/mol. The third-order valence-corrected chi connectivity index (χ3v) is 4.21. The highest BCUT2D eigenvalue weighted by molar-refractivity contribution is 5.89. The van der Waals surface area contributed by atoms with Gasteiger partial charge in [0, 0.05) is 26.2 Å². The number of pyridine rings is 1. The number of carbonyl (C=O) groups is 2. The van der Waals surface area contributed by atoms with Crippen LogP contribution in [0.15, 0.2) is 40.9 Å². The van der Waals surface area contributed by atoms with Crippen LogP contribution in [0.2, 0.25) is 0 Å². The van der Waals surface area contributed by atoms with Crippen LogP contribution in [-0.4, -0.2) is 40.2 Å². The largest absolute Gasteiger partial charge is 0.464 e. The maximum atomic E-state index is 12.6. The number of carbonyl (C=O) groups excluding carboxylic acids is 2. The SMILES string of the molecule is Cc1ccc(CN(C)C(=O)[C@H]2CC(=O)N(Cc3ccccn3)C2)o1. The molecule has 1 saturated heterocycles. The second-order valence-corrected chi connectivity index (χ2v) is 6.20. The lowest BCUT2D eigenvalue weighted by molar-refractivity contribution is -0.135. The molecule has 6 heteroatoms. The fourth-order valence-electron chi connectivity index (χ4n) is 2.97. The van der Waals surface area contributed by atoms with E-state index in [9.17, 15) is 9.59 Å². The molecular formula is C18H21N3O3. The van der Waals surface area contributed by atoms with Crippen molar-refractivity contribution in [1.82, 2.24) is 14.8 Å². The summed E-state index contributed by atoms with van der Waals surface area (Å²) in [7, 11) is 1.74. The minimum atomic E-state index is -0.303. The van der Waals surface area contributed by atoms with Crippen molar-refractivity contribution >= 4 is 11.8 Å².